The van der Waals surface area contributed by atoms with Crippen LogP contribution in [0.1, 0.15) is 33.1 Å². The summed E-state index contributed by atoms with van der Waals surface area (Å²) in [5.41, 5.74) is 0.185. The SMILES string of the molecule is CCN(CC)C(=O)CCN=C1NC2(CCOCC2)CS1. The number of carbonyl (C=O) groups excluding carboxylic acids is 1. The van der Waals surface area contributed by atoms with Crippen LogP contribution in [0.4, 0.5) is 0 Å². The van der Waals surface area contributed by atoms with Crippen molar-refractivity contribution >= 4 is 22.8 Å². The van der Waals surface area contributed by atoms with Crippen LogP contribution in [0.5, 0.6) is 0 Å². The molecule has 20 heavy (non-hydrogen) atoms. The van der Waals surface area contributed by atoms with Gasteiger partial charge in [-0.25, -0.2) is 0 Å². The number of rotatable bonds is 5. The first-order chi connectivity index (χ1) is 9.69. The summed E-state index contributed by atoms with van der Waals surface area (Å²) in [4.78, 5) is 18.3. The standard InChI is InChI=1S/C14H25N3O2S/c1-3-17(4-2)12(18)5-8-15-13-16-14(11-20-13)6-9-19-10-7-14/h3-11H2,1-2H3,(H,15,16). The highest BCUT2D eigenvalue weighted by atomic mass is 32.2. The van der Waals surface area contributed by atoms with E-state index in [0.717, 1.165) is 50.1 Å². The molecule has 0 aliphatic carbocycles. The number of carbonyl (C=O) groups is 1. The van der Waals surface area contributed by atoms with Gasteiger partial charge in [-0.3, -0.25) is 9.79 Å². The average Bonchev–Trinajstić information content (AvgIpc) is 2.84. The zero-order valence-electron chi connectivity index (χ0n) is 12.5. The van der Waals surface area contributed by atoms with Gasteiger partial charge in [0.05, 0.1) is 12.1 Å². The fourth-order valence-corrected chi connectivity index (χ4v) is 3.85. The zero-order chi connectivity index (χ0) is 14.4. The molecular formula is C14H25N3O2S. The van der Waals surface area contributed by atoms with Gasteiger partial charge in [0, 0.05) is 38.5 Å². The molecule has 1 N–H and O–H groups in total. The van der Waals surface area contributed by atoms with Crippen LogP contribution < -0.4 is 5.32 Å². The number of ether oxygens (including phenoxy) is 1. The lowest BCUT2D eigenvalue weighted by Crippen LogP contribution is -2.48. The summed E-state index contributed by atoms with van der Waals surface area (Å²) >= 11 is 1.78. The van der Waals surface area contributed by atoms with Gasteiger partial charge in [-0.05, 0) is 26.7 Å². The molecule has 0 atom stereocenters. The van der Waals surface area contributed by atoms with Crippen molar-refractivity contribution in [1.29, 1.82) is 0 Å². The number of amides is 1. The lowest BCUT2D eigenvalue weighted by Gasteiger charge is -2.32. The Kier molecular flexibility index (Phi) is 5.72. The van der Waals surface area contributed by atoms with Crippen molar-refractivity contribution in [3.63, 3.8) is 0 Å². The van der Waals surface area contributed by atoms with Gasteiger partial charge in [0.25, 0.3) is 0 Å². The minimum Gasteiger partial charge on any atom is -0.381 e. The number of aliphatic imine (C=N–C) groups is 1. The van der Waals surface area contributed by atoms with Crippen molar-refractivity contribution in [2.45, 2.75) is 38.6 Å². The van der Waals surface area contributed by atoms with Crippen molar-refractivity contribution in [1.82, 2.24) is 10.2 Å². The van der Waals surface area contributed by atoms with Crippen molar-refractivity contribution in [3.8, 4) is 0 Å². The highest BCUT2D eigenvalue weighted by molar-refractivity contribution is 8.14. The molecule has 5 nitrogen and oxygen atoms in total. The molecule has 1 spiro atoms. The van der Waals surface area contributed by atoms with Gasteiger partial charge in [0.15, 0.2) is 5.17 Å². The third kappa shape index (κ3) is 3.88. The highest BCUT2D eigenvalue weighted by Gasteiger charge is 2.38. The Bertz CT molecular complexity index is 363. The Morgan fingerprint density at radius 1 is 1.40 bits per heavy atom. The van der Waals surface area contributed by atoms with E-state index in [0.29, 0.717) is 13.0 Å². The maximum Gasteiger partial charge on any atom is 0.224 e. The summed E-state index contributed by atoms with van der Waals surface area (Å²) in [5.74, 6) is 1.27. The fourth-order valence-electron chi connectivity index (χ4n) is 2.61. The van der Waals surface area contributed by atoms with E-state index >= 15 is 0 Å². The van der Waals surface area contributed by atoms with Crippen molar-refractivity contribution in [3.05, 3.63) is 0 Å². The summed E-state index contributed by atoms with van der Waals surface area (Å²) in [7, 11) is 0. The third-order valence-electron chi connectivity index (χ3n) is 4.00. The van der Waals surface area contributed by atoms with Crippen LogP contribution >= 0.6 is 11.8 Å². The molecule has 2 aliphatic rings. The van der Waals surface area contributed by atoms with Crippen LogP contribution in [0.15, 0.2) is 4.99 Å². The predicted molar refractivity (Wildman–Crippen MR) is 83.2 cm³/mol. The second-order valence-electron chi connectivity index (χ2n) is 5.31. The van der Waals surface area contributed by atoms with E-state index in [9.17, 15) is 4.79 Å². The second-order valence-corrected chi connectivity index (χ2v) is 6.27. The van der Waals surface area contributed by atoms with E-state index in [1.165, 1.54) is 0 Å². The molecule has 1 amide bonds. The topological polar surface area (TPSA) is 53.9 Å². The Hall–Kier alpha value is -0.750. The van der Waals surface area contributed by atoms with Crippen LogP contribution in [0.2, 0.25) is 0 Å². The van der Waals surface area contributed by atoms with E-state index in [1.54, 1.807) is 11.8 Å². The Morgan fingerprint density at radius 3 is 2.75 bits per heavy atom. The quantitative estimate of drug-likeness (QED) is 0.835. The lowest BCUT2D eigenvalue weighted by molar-refractivity contribution is -0.130. The van der Waals surface area contributed by atoms with Crippen LogP contribution in [0, 0.1) is 0 Å². The Morgan fingerprint density at radius 2 is 2.10 bits per heavy atom. The first-order valence-electron chi connectivity index (χ1n) is 7.50. The molecule has 0 saturated carbocycles. The van der Waals surface area contributed by atoms with Gasteiger partial charge in [-0.2, -0.15) is 0 Å². The highest BCUT2D eigenvalue weighted by Crippen LogP contribution is 2.31. The van der Waals surface area contributed by atoms with E-state index in [2.05, 4.69) is 10.3 Å². The molecule has 6 heteroatoms. The maximum atomic E-state index is 11.9. The monoisotopic (exact) mass is 299 g/mol. The van der Waals surface area contributed by atoms with E-state index in [1.807, 2.05) is 18.7 Å². The molecule has 0 bridgehead atoms. The Balaban J connectivity index is 1.77. The number of nitrogens with one attached hydrogen (secondary N) is 1. The van der Waals surface area contributed by atoms with Gasteiger partial charge >= 0.3 is 0 Å². The van der Waals surface area contributed by atoms with Crippen LogP contribution in [0.3, 0.4) is 0 Å². The number of hydrogen-bond acceptors (Lipinski definition) is 4. The molecule has 2 aliphatic heterocycles. The fraction of sp³-hybridized carbons (Fsp3) is 0.857. The molecule has 0 aromatic carbocycles. The number of hydrogen-bond donors (Lipinski definition) is 1. The van der Waals surface area contributed by atoms with Crippen LogP contribution in [-0.4, -0.2) is 60.1 Å². The summed E-state index contributed by atoms with van der Waals surface area (Å²) in [5, 5.41) is 4.54. The Labute approximate surface area is 125 Å². The van der Waals surface area contributed by atoms with Crippen molar-refractivity contribution in [2.75, 3.05) is 38.6 Å². The number of amidine groups is 1. The lowest BCUT2D eigenvalue weighted by atomic mass is 9.93. The normalized spacial score (nSPS) is 23.0. The van der Waals surface area contributed by atoms with Crippen molar-refractivity contribution < 1.29 is 9.53 Å². The van der Waals surface area contributed by atoms with Gasteiger partial charge in [-0.1, -0.05) is 11.8 Å². The molecular weight excluding hydrogens is 274 g/mol. The summed E-state index contributed by atoms with van der Waals surface area (Å²) in [6.45, 7) is 7.83. The van der Waals surface area contributed by atoms with E-state index < -0.39 is 0 Å². The molecule has 0 radical (unpaired) electrons. The van der Waals surface area contributed by atoms with Crippen LogP contribution in [-0.2, 0) is 9.53 Å². The van der Waals surface area contributed by atoms with Gasteiger partial charge in [0.2, 0.25) is 5.91 Å². The van der Waals surface area contributed by atoms with Gasteiger partial charge in [0.1, 0.15) is 0 Å². The van der Waals surface area contributed by atoms with Crippen molar-refractivity contribution in [2.24, 2.45) is 4.99 Å². The van der Waals surface area contributed by atoms with E-state index in [4.69, 9.17) is 4.74 Å². The average molecular weight is 299 g/mol. The number of thioether (sulfide) groups is 1. The van der Waals surface area contributed by atoms with Gasteiger partial charge < -0.3 is 15.0 Å². The smallest absolute Gasteiger partial charge is 0.224 e. The van der Waals surface area contributed by atoms with Gasteiger partial charge in [-0.15, -0.1) is 0 Å². The molecule has 0 aromatic heterocycles. The first-order valence-corrected chi connectivity index (χ1v) is 8.48. The molecule has 2 fully saturated rings. The minimum absolute atomic E-state index is 0.185. The molecule has 114 valence electrons. The maximum absolute atomic E-state index is 11.9. The summed E-state index contributed by atoms with van der Waals surface area (Å²) < 4.78 is 5.42. The van der Waals surface area contributed by atoms with Crippen LogP contribution in [0.25, 0.3) is 0 Å². The molecule has 2 rings (SSSR count). The first kappa shape index (κ1) is 15.6. The largest absolute Gasteiger partial charge is 0.381 e. The number of nitrogens with zero attached hydrogens (tertiary/aromatic N) is 2. The minimum atomic E-state index is 0.185. The third-order valence-corrected chi connectivity index (χ3v) is 5.21. The predicted octanol–water partition coefficient (Wildman–Crippen LogP) is 1.49. The summed E-state index contributed by atoms with van der Waals surface area (Å²) in [6.07, 6.45) is 2.61. The van der Waals surface area contributed by atoms with E-state index in [-0.39, 0.29) is 11.4 Å². The second kappa shape index (κ2) is 7.31. The molecule has 0 aromatic rings. The molecule has 0 unspecified atom stereocenters. The molecule has 2 saturated heterocycles. The summed E-state index contributed by atoms with van der Waals surface area (Å²) in [6, 6.07) is 0. The zero-order valence-corrected chi connectivity index (χ0v) is 13.3. The molecule has 2 heterocycles.